The number of hydrogen-bond acceptors (Lipinski definition) is 2. The molecular formula is C16H24N2OS. The van der Waals surface area contributed by atoms with Gasteiger partial charge in [0.1, 0.15) is 0 Å². The summed E-state index contributed by atoms with van der Waals surface area (Å²) in [6, 6.07) is 8.13. The smallest absolute Gasteiger partial charge is 0.319 e. The van der Waals surface area contributed by atoms with Crippen molar-refractivity contribution in [3.8, 4) is 0 Å². The fraction of sp³-hybridized carbons (Fsp3) is 0.562. The first-order valence-electron chi connectivity index (χ1n) is 7.31. The fourth-order valence-electron chi connectivity index (χ4n) is 2.82. The van der Waals surface area contributed by atoms with E-state index in [0.717, 1.165) is 17.0 Å². The molecule has 0 bridgehead atoms. The average molecular weight is 292 g/mol. The lowest BCUT2D eigenvalue weighted by atomic mass is 9.78. The Bertz CT molecular complexity index is 464. The van der Waals surface area contributed by atoms with Crippen molar-refractivity contribution >= 4 is 23.5 Å². The first-order valence-corrected chi connectivity index (χ1v) is 8.54. The van der Waals surface area contributed by atoms with Crippen molar-refractivity contribution in [3.63, 3.8) is 0 Å². The van der Waals surface area contributed by atoms with Gasteiger partial charge in [-0.2, -0.15) is 0 Å². The molecule has 0 aromatic heterocycles. The number of urea groups is 1. The van der Waals surface area contributed by atoms with E-state index in [4.69, 9.17) is 0 Å². The maximum atomic E-state index is 12.1. The first-order chi connectivity index (χ1) is 9.60. The number of carbonyl (C=O) groups excluding carboxylic acids is 1. The number of amides is 2. The molecule has 0 spiro atoms. The predicted octanol–water partition coefficient (Wildman–Crippen LogP) is 4.35. The van der Waals surface area contributed by atoms with Crippen LogP contribution in [0.15, 0.2) is 29.2 Å². The van der Waals surface area contributed by atoms with E-state index >= 15 is 0 Å². The maximum Gasteiger partial charge on any atom is 0.319 e. The van der Waals surface area contributed by atoms with Crippen LogP contribution in [-0.4, -0.2) is 18.3 Å². The number of benzene rings is 1. The van der Waals surface area contributed by atoms with E-state index in [0.29, 0.717) is 17.9 Å². The van der Waals surface area contributed by atoms with Crippen molar-refractivity contribution in [2.75, 3.05) is 11.6 Å². The summed E-state index contributed by atoms with van der Waals surface area (Å²) in [7, 11) is 0. The Kier molecular flexibility index (Phi) is 5.35. The van der Waals surface area contributed by atoms with Gasteiger partial charge in [-0.05, 0) is 42.7 Å². The SMILES string of the molecule is CSc1cccc(NC(=O)N[C@@H]2CCC[C@H](C)[C@H]2C)c1. The van der Waals surface area contributed by atoms with E-state index in [1.165, 1.54) is 12.8 Å². The van der Waals surface area contributed by atoms with Gasteiger partial charge in [0.25, 0.3) is 0 Å². The molecule has 2 amide bonds. The van der Waals surface area contributed by atoms with Crippen molar-refractivity contribution in [1.29, 1.82) is 0 Å². The van der Waals surface area contributed by atoms with Crippen LogP contribution in [-0.2, 0) is 0 Å². The van der Waals surface area contributed by atoms with Crippen LogP contribution in [0.5, 0.6) is 0 Å². The van der Waals surface area contributed by atoms with Gasteiger partial charge in [-0.15, -0.1) is 11.8 Å². The van der Waals surface area contributed by atoms with Crippen molar-refractivity contribution in [2.24, 2.45) is 11.8 Å². The highest BCUT2D eigenvalue weighted by Gasteiger charge is 2.28. The molecule has 2 rings (SSSR count). The third-order valence-corrected chi connectivity index (χ3v) is 5.08. The zero-order valence-corrected chi connectivity index (χ0v) is 13.3. The molecule has 1 aliphatic carbocycles. The standard InChI is InChI=1S/C16H24N2OS/c1-11-6-4-9-15(12(11)2)18-16(19)17-13-7-5-8-14(10-13)20-3/h5,7-8,10-12,15H,4,6,9H2,1-3H3,(H2,17,18,19)/t11-,12+,15+/m0/s1. The van der Waals surface area contributed by atoms with Gasteiger partial charge in [0.15, 0.2) is 0 Å². The molecule has 4 heteroatoms. The lowest BCUT2D eigenvalue weighted by Crippen LogP contribution is -2.45. The van der Waals surface area contributed by atoms with E-state index < -0.39 is 0 Å². The quantitative estimate of drug-likeness (QED) is 0.813. The monoisotopic (exact) mass is 292 g/mol. The van der Waals surface area contributed by atoms with E-state index in [9.17, 15) is 4.79 Å². The highest BCUT2D eigenvalue weighted by atomic mass is 32.2. The summed E-state index contributed by atoms with van der Waals surface area (Å²) in [6.07, 6.45) is 5.60. The number of nitrogens with one attached hydrogen (secondary N) is 2. The van der Waals surface area contributed by atoms with Crippen LogP contribution in [0.2, 0.25) is 0 Å². The van der Waals surface area contributed by atoms with Gasteiger partial charge in [0, 0.05) is 16.6 Å². The minimum Gasteiger partial charge on any atom is -0.335 e. The molecule has 1 saturated carbocycles. The second-order valence-electron chi connectivity index (χ2n) is 5.70. The number of thioether (sulfide) groups is 1. The Morgan fingerprint density at radius 3 is 2.85 bits per heavy atom. The largest absolute Gasteiger partial charge is 0.335 e. The molecule has 110 valence electrons. The van der Waals surface area contributed by atoms with Gasteiger partial charge in [-0.1, -0.05) is 32.8 Å². The van der Waals surface area contributed by atoms with Crippen LogP contribution >= 0.6 is 11.8 Å². The summed E-state index contributed by atoms with van der Waals surface area (Å²) in [6.45, 7) is 4.52. The van der Waals surface area contributed by atoms with E-state index in [1.807, 2.05) is 30.5 Å². The molecular weight excluding hydrogens is 268 g/mol. The van der Waals surface area contributed by atoms with Crippen molar-refractivity contribution in [3.05, 3.63) is 24.3 Å². The minimum absolute atomic E-state index is 0.0887. The highest BCUT2D eigenvalue weighted by molar-refractivity contribution is 7.98. The number of rotatable bonds is 3. The summed E-state index contributed by atoms with van der Waals surface area (Å²) < 4.78 is 0. The Morgan fingerprint density at radius 2 is 2.10 bits per heavy atom. The second kappa shape index (κ2) is 7.02. The predicted molar refractivity (Wildman–Crippen MR) is 86.3 cm³/mol. The molecule has 1 fully saturated rings. The van der Waals surface area contributed by atoms with Gasteiger partial charge >= 0.3 is 6.03 Å². The average Bonchev–Trinajstić information content (AvgIpc) is 2.44. The molecule has 0 aliphatic heterocycles. The number of hydrogen-bond donors (Lipinski definition) is 2. The number of anilines is 1. The van der Waals surface area contributed by atoms with Gasteiger partial charge in [0.05, 0.1) is 0 Å². The molecule has 1 aromatic rings. The van der Waals surface area contributed by atoms with Crippen LogP contribution in [0.4, 0.5) is 10.5 Å². The molecule has 1 aromatic carbocycles. The Labute approximate surface area is 125 Å². The van der Waals surface area contributed by atoms with E-state index in [-0.39, 0.29) is 6.03 Å². The lowest BCUT2D eigenvalue weighted by molar-refractivity contribution is 0.201. The Hall–Kier alpha value is -1.16. The van der Waals surface area contributed by atoms with Crippen LogP contribution in [0.1, 0.15) is 33.1 Å². The summed E-state index contributed by atoms with van der Waals surface area (Å²) in [5.74, 6) is 1.24. The molecule has 20 heavy (non-hydrogen) atoms. The minimum atomic E-state index is -0.0887. The normalized spacial score (nSPS) is 26.1. The summed E-state index contributed by atoms with van der Waals surface area (Å²) in [5, 5.41) is 6.06. The molecule has 3 nitrogen and oxygen atoms in total. The molecule has 0 heterocycles. The summed E-state index contributed by atoms with van der Waals surface area (Å²) in [5.41, 5.74) is 0.853. The molecule has 0 unspecified atom stereocenters. The highest BCUT2D eigenvalue weighted by Crippen LogP contribution is 2.29. The van der Waals surface area contributed by atoms with Gasteiger partial charge < -0.3 is 10.6 Å². The second-order valence-corrected chi connectivity index (χ2v) is 6.58. The summed E-state index contributed by atoms with van der Waals surface area (Å²) in [4.78, 5) is 13.3. The topological polar surface area (TPSA) is 41.1 Å². The van der Waals surface area contributed by atoms with Crippen LogP contribution < -0.4 is 10.6 Å². The third kappa shape index (κ3) is 3.92. The zero-order chi connectivity index (χ0) is 14.5. The number of carbonyl (C=O) groups is 1. The maximum absolute atomic E-state index is 12.1. The van der Waals surface area contributed by atoms with Gasteiger partial charge in [-0.25, -0.2) is 4.79 Å². The van der Waals surface area contributed by atoms with Crippen LogP contribution in [0.3, 0.4) is 0 Å². The lowest BCUT2D eigenvalue weighted by Gasteiger charge is -2.34. The zero-order valence-electron chi connectivity index (χ0n) is 12.5. The fourth-order valence-corrected chi connectivity index (χ4v) is 3.28. The molecule has 1 aliphatic rings. The molecule has 0 radical (unpaired) electrons. The van der Waals surface area contributed by atoms with E-state index in [1.54, 1.807) is 11.8 Å². The van der Waals surface area contributed by atoms with Crippen LogP contribution in [0, 0.1) is 11.8 Å². The third-order valence-electron chi connectivity index (χ3n) is 4.35. The van der Waals surface area contributed by atoms with Gasteiger partial charge in [-0.3, -0.25) is 0 Å². The van der Waals surface area contributed by atoms with Crippen molar-refractivity contribution in [1.82, 2.24) is 5.32 Å². The van der Waals surface area contributed by atoms with Crippen molar-refractivity contribution < 1.29 is 4.79 Å². The summed E-state index contributed by atoms with van der Waals surface area (Å²) >= 11 is 1.67. The Balaban J connectivity index is 1.91. The molecule has 2 N–H and O–H groups in total. The van der Waals surface area contributed by atoms with Crippen LogP contribution in [0.25, 0.3) is 0 Å². The molecule has 0 saturated heterocycles. The molecule has 3 atom stereocenters. The first kappa shape index (κ1) is 15.2. The van der Waals surface area contributed by atoms with Crippen molar-refractivity contribution in [2.45, 2.75) is 44.0 Å². The Morgan fingerprint density at radius 1 is 1.30 bits per heavy atom. The van der Waals surface area contributed by atoms with E-state index in [2.05, 4.69) is 24.5 Å². The van der Waals surface area contributed by atoms with Gasteiger partial charge in [0.2, 0.25) is 0 Å².